The average Bonchev–Trinajstić information content (AvgIpc) is 3.06. The number of nitrogens with zero attached hydrogens (tertiary/aromatic N) is 4. The molecule has 0 bridgehead atoms. The zero-order valence-electron chi connectivity index (χ0n) is 13.2. The molecule has 2 N–H and O–H groups in total. The highest BCUT2D eigenvalue weighted by Gasteiger charge is 2.25. The second-order valence-electron chi connectivity index (χ2n) is 5.61. The Kier molecular flexibility index (Phi) is 5.55. The minimum absolute atomic E-state index is 0.131. The highest BCUT2D eigenvalue weighted by atomic mass is 35.5. The molecule has 24 heavy (non-hydrogen) atoms. The zero-order valence-corrected chi connectivity index (χ0v) is 13.9. The molecule has 2 aromatic heterocycles. The molecule has 0 unspecified atom stereocenters. The lowest BCUT2D eigenvalue weighted by atomic mass is 10.2. The summed E-state index contributed by atoms with van der Waals surface area (Å²) in [5, 5.41) is 14.6. The molecule has 0 spiro atoms. The molecule has 7 nitrogen and oxygen atoms in total. The minimum atomic E-state index is -0.131. The van der Waals surface area contributed by atoms with Gasteiger partial charge in [-0.3, -0.25) is 4.79 Å². The van der Waals surface area contributed by atoms with Gasteiger partial charge in [0.1, 0.15) is 5.82 Å². The van der Waals surface area contributed by atoms with Gasteiger partial charge in [-0.1, -0.05) is 11.6 Å². The van der Waals surface area contributed by atoms with Gasteiger partial charge in [-0.25, -0.2) is 4.98 Å². The molecule has 1 aliphatic heterocycles. The molecule has 1 amide bonds. The maximum absolute atomic E-state index is 11.9. The number of aromatic nitrogens is 3. The molecule has 0 saturated carbocycles. The third kappa shape index (κ3) is 4.39. The Labute approximate surface area is 145 Å². The molecule has 0 aromatic carbocycles. The summed E-state index contributed by atoms with van der Waals surface area (Å²) in [7, 11) is 0. The molecule has 8 heteroatoms. The Hall–Kier alpha value is -2.25. The molecule has 1 fully saturated rings. The van der Waals surface area contributed by atoms with E-state index in [4.69, 9.17) is 11.6 Å². The quantitative estimate of drug-likeness (QED) is 0.828. The van der Waals surface area contributed by atoms with Gasteiger partial charge in [-0.05, 0) is 37.1 Å². The van der Waals surface area contributed by atoms with Crippen molar-refractivity contribution in [1.29, 1.82) is 0 Å². The van der Waals surface area contributed by atoms with E-state index < -0.39 is 0 Å². The first kappa shape index (κ1) is 16.6. The lowest BCUT2D eigenvalue weighted by Gasteiger charge is -2.25. The summed E-state index contributed by atoms with van der Waals surface area (Å²) in [6.07, 6.45) is 5.36. The maximum atomic E-state index is 11.9. The smallest absolute Gasteiger partial charge is 0.239 e. The van der Waals surface area contributed by atoms with E-state index in [1.54, 1.807) is 18.3 Å². The number of halogens is 1. The summed E-state index contributed by atoms with van der Waals surface area (Å²) in [6, 6.07) is 7.53. The first-order chi connectivity index (χ1) is 11.7. The molecule has 0 aliphatic carbocycles. The number of nitrogens with one attached hydrogen (secondary N) is 2. The van der Waals surface area contributed by atoms with Crippen LogP contribution in [0.2, 0.25) is 5.02 Å². The molecular weight excluding hydrogens is 328 g/mol. The number of carbonyl (C=O) groups excluding carboxylic acids is 1. The first-order valence-electron chi connectivity index (χ1n) is 7.89. The minimum Gasteiger partial charge on any atom is -0.351 e. The Bertz CT molecular complexity index is 666. The van der Waals surface area contributed by atoms with Gasteiger partial charge in [0, 0.05) is 31.5 Å². The first-order valence-corrected chi connectivity index (χ1v) is 8.26. The summed E-state index contributed by atoms with van der Waals surface area (Å²) < 4.78 is 0. The Morgan fingerprint density at radius 3 is 3.04 bits per heavy atom. The molecule has 3 heterocycles. The fourth-order valence-corrected chi connectivity index (χ4v) is 2.90. The largest absolute Gasteiger partial charge is 0.351 e. The predicted octanol–water partition coefficient (Wildman–Crippen LogP) is 1.72. The Morgan fingerprint density at radius 1 is 1.38 bits per heavy atom. The van der Waals surface area contributed by atoms with Crippen molar-refractivity contribution < 1.29 is 4.79 Å². The molecule has 0 radical (unpaired) electrons. The van der Waals surface area contributed by atoms with Gasteiger partial charge in [-0.2, -0.15) is 5.10 Å². The van der Waals surface area contributed by atoms with Crippen molar-refractivity contribution >= 4 is 29.1 Å². The summed E-state index contributed by atoms with van der Waals surface area (Å²) in [6.45, 7) is 1.92. The van der Waals surface area contributed by atoms with Crippen molar-refractivity contribution in [2.24, 2.45) is 0 Å². The number of carbonyl (C=O) groups is 1. The van der Waals surface area contributed by atoms with Crippen LogP contribution in [0.15, 0.2) is 36.7 Å². The summed E-state index contributed by atoms with van der Waals surface area (Å²) in [5.41, 5.74) is 0. The Balaban J connectivity index is 1.45. The monoisotopic (exact) mass is 346 g/mol. The molecular formula is C16H19ClN6O. The van der Waals surface area contributed by atoms with E-state index in [-0.39, 0.29) is 12.5 Å². The zero-order chi connectivity index (χ0) is 16.8. The van der Waals surface area contributed by atoms with Crippen LogP contribution in [0, 0.1) is 0 Å². The topological polar surface area (TPSA) is 83.0 Å². The number of anilines is 2. The fraction of sp³-hybridized carbons (Fsp3) is 0.375. The van der Waals surface area contributed by atoms with Gasteiger partial charge in [0.05, 0.1) is 11.6 Å². The van der Waals surface area contributed by atoms with Crippen LogP contribution in [0.25, 0.3) is 0 Å². The maximum Gasteiger partial charge on any atom is 0.239 e. The number of rotatable bonds is 6. The summed E-state index contributed by atoms with van der Waals surface area (Å²) >= 11 is 5.77. The van der Waals surface area contributed by atoms with E-state index in [1.165, 1.54) is 6.20 Å². The van der Waals surface area contributed by atoms with E-state index in [0.29, 0.717) is 16.9 Å². The molecule has 1 saturated heterocycles. The van der Waals surface area contributed by atoms with Crippen LogP contribution in [-0.4, -0.2) is 46.8 Å². The number of hydrogen-bond acceptors (Lipinski definition) is 6. The molecule has 2 aromatic rings. The molecule has 1 aliphatic rings. The lowest BCUT2D eigenvalue weighted by molar-refractivity contribution is -0.115. The average molecular weight is 347 g/mol. The van der Waals surface area contributed by atoms with Crippen LogP contribution in [0.3, 0.4) is 0 Å². The van der Waals surface area contributed by atoms with Crippen molar-refractivity contribution in [3.8, 4) is 0 Å². The normalized spacial score (nSPS) is 17.0. The van der Waals surface area contributed by atoms with Crippen molar-refractivity contribution in [1.82, 2.24) is 20.5 Å². The number of amides is 1. The van der Waals surface area contributed by atoms with Crippen molar-refractivity contribution in [2.75, 3.05) is 29.9 Å². The van der Waals surface area contributed by atoms with Crippen LogP contribution in [0.4, 0.5) is 11.6 Å². The standard InChI is InChI=1S/C16H19ClN6O/c17-12-5-6-14(19-9-12)21-16(24)11-18-10-13-3-2-8-23(13)15-4-1-7-20-22-15/h1,4-7,9,13,18H,2-3,8,10-11H2,(H,19,21,24)/t13-/m1/s1. The van der Waals surface area contributed by atoms with Crippen LogP contribution >= 0.6 is 11.6 Å². The fourth-order valence-electron chi connectivity index (χ4n) is 2.79. The summed E-state index contributed by atoms with van der Waals surface area (Å²) in [5.74, 6) is 1.25. The predicted molar refractivity (Wildman–Crippen MR) is 93.1 cm³/mol. The van der Waals surface area contributed by atoms with E-state index in [1.807, 2.05) is 12.1 Å². The number of hydrogen-bond donors (Lipinski definition) is 2. The van der Waals surface area contributed by atoms with Crippen LogP contribution in [-0.2, 0) is 4.79 Å². The number of pyridine rings is 1. The van der Waals surface area contributed by atoms with Gasteiger partial charge in [0.15, 0.2) is 5.82 Å². The van der Waals surface area contributed by atoms with E-state index in [0.717, 1.165) is 31.7 Å². The van der Waals surface area contributed by atoms with E-state index in [2.05, 4.69) is 30.7 Å². The van der Waals surface area contributed by atoms with E-state index in [9.17, 15) is 4.79 Å². The van der Waals surface area contributed by atoms with Crippen LogP contribution < -0.4 is 15.5 Å². The SMILES string of the molecule is O=C(CNC[C@H]1CCCN1c1cccnn1)Nc1ccc(Cl)cn1. The van der Waals surface area contributed by atoms with E-state index >= 15 is 0 Å². The Morgan fingerprint density at radius 2 is 2.29 bits per heavy atom. The third-order valence-electron chi connectivity index (χ3n) is 3.89. The van der Waals surface area contributed by atoms with Gasteiger partial charge in [-0.15, -0.1) is 5.10 Å². The molecule has 1 atom stereocenters. The van der Waals surface area contributed by atoms with Gasteiger partial charge >= 0.3 is 0 Å². The lowest BCUT2D eigenvalue weighted by Crippen LogP contribution is -2.41. The van der Waals surface area contributed by atoms with Gasteiger partial charge in [0.2, 0.25) is 5.91 Å². The molecule has 3 rings (SSSR count). The van der Waals surface area contributed by atoms with Gasteiger partial charge in [0.25, 0.3) is 0 Å². The second kappa shape index (κ2) is 8.03. The van der Waals surface area contributed by atoms with Crippen LogP contribution in [0.5, 0.6) is 0 Å². The van der Waals surface area contributed by atoms with Gasteiger partial charge < -0.3 is 15.5 Å². The summed E-state index contributed by atoms with van der Waals surface area (Å²) in [4.78, 5) is 18.2. The third-order valence-corrected chi connectivity index (χ3v) is 4.11. The molecule has 126 valence electrons. The van der Waals surface area contributed by atoms with Crippen LogP contribution in [0.1, 0.15) is 12.8 Å². The second-order valence-corrected chi connectivity index (χ2v) is 6.05. The van der Waals surface area contributed by atoms with Crippen molar-refractivity contribution in [3.63, 3.8) is 0 Å². The van der Waals surface area contributed by atoms with Crippen molar-refractivity contribution in [2.45, 2.75) is 18.9 Å². The highest BCUT2D eigenvalue weighted by molar-refractivity contribution is 6.30. The van der Waals surface area contributed by atoms with Crippen molar-refractivity contribution in [3.05, 3.63) is 41.7 Å². The highest BCUT2D eigenvalue weighted by Crippen LogP contribution is 2.22.